The van der Waals surface area contributed by atoms with Gasteiger partial charge in [0.05, 0.1) is 12.7 Å². The van der Waals surface area contributed by atoms with Crippen LogP contribution in [0.4, 0.5) is 0 Å². The van der Waals surface area contributed by atoms with Gasteiger partial charge in [-0.15, -0.1) is 0 Å². The summed E-state index contributed by atoms with van der Waals surface area (Å²) in [5.74, 6) is 1.34. The molecule has 0 radical (unpaired) electrons. The monoisotopic (exact) mass is 265 g/mol. The first-order valence-electron chi connectivity index (χ1n) is 7.10. The van der Waals surface area contributed by atoms with Crippen LogP contribution in [0.25, 0.3) is 0 Å². The molecule has 19 heavy (non-hydrogen) atoms. The third-order valence-electron chi connectivity index (χ3n) is 3.11. The lowest BCUT2D eigenvalue weighted by Crippen LogP contribution is -2.34. The highest BCUT2D eigenvalue weighted by molar-refractivity contribution is 5.39. The fourth-order valence-electron chi connectivity index (χ4n) is 1.99. The summed E-state index contributed by atoms with van der Waals surface area (Å²) in [5.41, 5.74) is 2.00. The second-order valence-electron chi connectivity index (χ2n) is 5.51. The van der Waals surface area contributed by atoms with E-state index in [-0.39, 0.29) is 6.04 Å². The van der Waals surface area contributed by atoms with Crippen LogP contribution >= 0.6 is 0 Å². The predicted molar refractivity (Wildman–Crippen MR) is 79.6 cm³/mol. The Labute approximate surface area is 117 Å². The topological polar surface area (TPSA) is 41.5 Å². The molecule has 0 amide bonds. The molecule has 0 aliphatic heterocycles. The minimum atomic E-state index is -0.555. The van der Waals surface area contributed by atoms with Gasteiger partial charge >= 0.3 is 0 Å². The minimum absolute atomic E-state index is 0.00315. The van der Waals surface area contributed by atoms with Crippen LogP contribution in [0.2, 0.25) is 0 Å². The summed E-state index contributed by atoms with van der Waals surface area (Å²) in [4.78, 5) is 0. The highest BCUT2D eigenvalue weighted by atomic mass is 16.5. The lowest BCUT2D eigenvalue weighted by atomic mass is 10.00. The summed E-state index contributed by atoms with van der Waals surface area (Å²) in [6, 6.07) is 5.95. The largest absolute Gasteiger partial charge is 0.493 e. The van der Waals surface area contributed by atoms with Crippen molar-refractivity contribution in [2.45, 2.75) is 46.8 Å². The molecule has 0 fully saturated rings. The fraction of sp³-hybridized carbons (Fsp3) is 0.625. The number of aryl methyl sites for hydroxylation is 1. The molecule has 108 valence electrons. The Morgan fingerprint density at radius 2 is 1.95 bits per heavy atom. The van der Waals surface area contributed by atoms with Gasteiger partial charge in [0.25, 0.3) is 0 Å². The zero-order valence-electron chi connectivity index (χ0n) is 12.7. The molecule has 3 nitrogen and oxygen atoms in total. The molecular formula is C16H27NO2. The van der Waals surface area contributed by atoms with Crippen LogP contribution in [0.1, 0.15) is 44.9 Å². The summed E-state index contributed by atoms with van der Waals surface area (Å²) in [7, 11) is 0. The molecule has 0 aromatic heterocycles. The zero-order chi connectivity index (χ0) is 14.4. The van der Waals surface area contributed by atoms with Crippen LogP contribution in [-0.2, 0) is 0 Å². The second kappa shape index (κ2) is 7.51. The maximum Gasteiger partial charge on any atom is 0.125 e. The van der Waals surface area contributed by atoms with Gasteiger partial charge in [-0.3, -0.25) is 0 Å². The van der Waals surface area contributed by atoms with Gasteiger partial charge in [-0.05, 0) is 45.4 Å². The maximum atomic E-state index is 10.5. The Kier molecular flexibility index (Phi) is 6.32. The number of hydrogen-bond acceptors (Lipinski definition) is 3. The summed E-state index contributed by atoms with van der Waals surface area (Å²) in [6.45, 7) is 11.8. The van der Waals surface area contributed by atoms with Gasteiger partial charge in [0.1, 0.15) is 5.75 Å². The standard InChI is InChI=1S/C16H27NO2/c1-6-19-15-8-7-12(4)9-14(15)16(18)13(5)17-10-11(2)3/h7-9,11,13,16-18H,6,10H2,1-5H3. The van der Waals surface area contributed by atoms with Crippen LogP contribution in [0.5, 0.6) is 5.75 Å². The van der Waals surface area contributed by atoms with Gasteiger partial charge in [-0.25, -0.2) is 0 Å². The van der Waals surface area contributed by atoms with Crippen LogP contribution in [0, 0.1) is 12.8 Å². The Bertz CT molecular complexity index is 390. The van der Waals surface area contributed by atoms with Crippen LogP contribution in [0.3, 0.4) is 0 Å². The highest BCUT2D eigenvalue weighted by Gasteiger charge is 2.20. The molecular weight excluding hydrogens is 238 g/mol. The average Bonchev–Trinajstić information content (AvgIpc) is 2.37. The first-order valence-corrected chi connectivity index (χ1v) is 7.10. The third kappa shape index (κ3) is 4.84. The number of hydrogen-bond donors (Lipinski definition) is 2. The van der Waals surface area contributed by atoms with Crippen molar-refractivity contribution in [3.8, 4) is 5.75 Å². The van der Waals surface area contributed by atoms with Crippen molar-refractivity contribution in [2.75, 3.05) is 13.2 Å². The van der Waals surface area contributed by atoms with E-state index in [1.54, 1.807) is 0 Å². The van der Waals surface area contributed by atoms with Crippen molar-refractivity contribution in [3.05, 3.63) is 29.3 Å². The van der Waals surface area contributed by atoms with Crippen molar-refractivity contribution in [3.63, 3.8) is 0 Å². The van der Waals surface area contributed by atoms with E-state index in [0.717, 1.165) is 23.4 Å². The van der Waals surface area contributed by atoms with Crippen molar-refractivity contribution in [2.24, 2.45) is 5.92 Å². The smallest absolute Gasteiger partial charge is 0.125 e. The number of ether oxygens (including phenoxy) is 1. The van der Waals surface area contributed by atoms with Crippen LogP contribution < -0.4 is 10.1 Å². The summed E-state index contributed by atoms with van der Waals surface area (Å²) in [5, 5.41) is 13.9. The molecule has 0 spiro atoms. The third-order valence-corrected chi connectivity index (χ3v) is 3.11. The minimum Gasteiger partial charge on any atom is -0.493 e. The molecule has 1 aromatic rings. The predicted octanol–water partition coefficient (Wildman–Crippen LogP) is 3.06. The molecule has 2 N–H and O–H groups in total. The second-order valence-corrected chi connectivity index (χ2v) is 5.51. The summed E-state index contributed by atoms with van der Waals surface area (Å²) >= 11 is 0. The maximum absolute atomic E-state index is 10.5. The number of benzene rings is 1. The van der Waals surface area contributed by atoms with Crippen molar-refractivity contribution < 1.29 is 9.84 Å². The van der Waals surface area contributed by atoms with E-state index in [1.807, 2.05) is 39.0 Å². The fourth-order valence-corrected chi connectivity index (χ4v) is 1.99. The van der Waals surface area contributed by atoms with E-state index in [0.29, 0.717) is 12.5 Å². The molecule has 0 aliphatic rings. The van der Waals surface area contributed by atoms with Gasteiger partial charge in [0.15, 0.2) is 0 Å². The lowest BCUT2D eigenvalue weighted by molar-refractivity contribution is 0.130. The first kappa shape index (κ1) is 16.0. The Morgan fingerprint density at radius 1 is 1.26 bits per heavy atom. The highest BCUT2D eigenvalue weighted by Crippen LogP contribution is 2.28. The van der Waals surface area contributed by atoms with Crippen LogP contribution in [0.15, 0.2) is 18.2 Å². The Balaban J connectivity index is 2.84. The first-order chi connectivity index (χ1) is 8.95. The van der Waals surface area contributed by atoms with E-state index in [4.69, 9.17) is 4.74 Å². The quantitative estimate of drug-likeness (QED) is 0.796. The zero-order valence-corrected chi connectivity index (χ0v) is 12.7. The Morgan fingerprint density at radius 3 is 2.53 bits per heavy atom. The van der Waals surface area contributed by atoms with Crippen molar-refractivity contribution in [1.29, 1.82) is 0 Å². The molecule has 0 saturated heterocycles. The number of aliphatic hydroxyl groups excluding tert-OH is 1. The summed E-state index contributed by atoms with van der Waals surface area (Å²) < 4.78 is 5.60. The van der Waals surface area contributed by atoms with Gasteiger partial charge in [0.2, 0.25) is 0 Å². The number of rotatable bonds is 7. The molecule has 2 atom stereocenters. The van der Waals surface area contributed by atoms with Gasteiger partial charge < -0.3 is 15.2 Å². The lowest BCUT2D eigenvalue weighted by Gasteiger charge is -2.24. The molecule has 3 heteroatoms. The SMILES string of the molecule is CCOc1ccc(C)cc1C(O)C(C)NCC(C)C. The Hall–Kier alpha value is -1.06. The molecule has 0 heterocycles. The molecule has 0 saturated carbocycles. The van der Waals surface area contributed by atoms with E-state index in [2.05, 4.69) is 19.2 Å². The molecule has 2 unspecified atom stereocenters. The normalized spacial score (nSPS) is 14.5. The molecule has 0 aliphatic carbocycles. The van der Waals surface area contributed by atoms with Crippen molar-refractivity contribution >= 4 is 0 Å². The van der Waals surface area contributed by atoms with E-state index in [9.17, 15) is 5.11 Å². The van der Waals surface area contributed by atoms with E-state index < -0.39 is 6.10 Å². The van der Waals surface area contributed by atoms with E-state index in [1.165, 1.54) is 0 Å². The molecule has 1 rings (SSSR count). The van der Waals surface area contributed by atoms with Gasteiger partial charge in [0, 0.05) is 11.6 Å². The molecule has 0 bridgehead atoms. The number of aliphatic hydroxyl groups is 1. The van der Waals surface area contributed by atoms with Crippen LogP contribution in [-0.4, -0.2) is 24.3 Å². The van der Waals surface area contributed by atoms with Crippen molar-refractivity contribution in [1.82, 2.24) is 5.32 Å². The van der Waals surface area contributed by atoms with Gasteiger partial charge in [-0.1, -0.05) is 25.5 Å². The van der Waals surface area contributed by atoms with Gasteiger partial charge in [-0.2, -0.15) is 0 Å². The van der Waals surface area contributed by atoms with E-state index >= 15 is 0 Å². The summed E-state index contributed by atoms with van der Waals surface area (Å²) in [6.07, 6.45) is -0.555. The number of nitrogens with one attached hydrogen (secondary N) is 1. The average molecular weight is 265 g/mol. The molecule has 1 aromatic carbocycles.